The molecule has 0 radical (unpaired) electrons. The molecule has 0 aliphatic heterocycles. The summed E-state index contributed by atoms with van der Waals surface area (Å²) in [6, 6.07) is 12.4. The predicted octanol–water partition coefficient (Wildman–Crippen LogP) is 5.96. The van der Waals surface area contributed by atoms with E-state index in [-0.39, 0.29) is 0 Å². The highest BCUT2D eigenvalue weighted by Gasteiger charge is 2.07. The van der Waals surface area contributed by atoms with Crippen molar-refractivity contribution in [3.8, 4) is 11.5 Å². The van der Waals surface area contributed by atoms with Gasteiger partial charge in [-0.3, -0.25) is 0 Å². The largest absolute Gasteiger partial charge is 0.493 e. The van der Waals surface area contributed by atoms with E-state index in [2.05, 4.69) is 41.1 Å². The van der Waals surface area contributed by atoms with Crippen LogP contribution in [-0.2, 0) is 0 Å². The van der Waals surface area contributed by atoms with Crippen LogP contribution in [0.3, 0.4) is 0 Å². The Labute approximate surface area is 141 Å². The Bertz CT molecular complexity index is 568. The van der Waals surface area contributed by atoms with E-state index in [0.29, 0.717) is 0 Å². The average Bonchev–Trinajstić information content (AvgIpc) is 2.56. The molecule has 3 heteroatoms. The van der Waals surface area contributed by atoms with Crippen molar-refractivity contribution in [1.29, 1.82) is 0 Å². The van der Waals surface area contributed by atoms with Crippen LogP contribution in [0.5, 0.6) is 11.5 Å². The van der Waals surface area contributed by atoms with Crippen LogP contribution in [0, 0.1) is 0 Å². The van der Waals surface area contributed by atoms with Crippen LogP contribution < -0.4 is 9.47 Å². The van der Waals surface area contributed by atoms with Crippen LogP contribution in [0.25, 0.3) is 10.8 Å². The Kier molecular flexibility index (Phi) is 7.58. The van der Waals surface area contributed by atoms with Crippen molar-refractivity contribution in [3.63, 3.8) is 0 Å². The monoisotopic (exact) mass is 364 g/mol. The van der Waals surface area contributed by atoms with E-state index >= 15 is 0 Å². The van der Waals surface area contributed by atoms with Gasteiger partial charge in [0.25, 0.3) is 0 Å². The summed E-state index contributed by atoms with van der Waals surface area (Å²) < 4.78 is 11.9. The van der Waals surface area contributed by atoms with Gasteiger partial charge in [-0.25, -0.2) is 0 Å². The molecule has 0 aromatic heterocycles. The lowest BCUT2D eigenvalue weighted by molar-refractivity contribution is 0.306. The van der Waals surface area contributed by atoms with E-state index in [9.17, 15) is 0 Å². The number of benzene rings is 2. The molecule has 0 saturated heterocycles. The number of halogens is 1. The van der Waals surface area contributed by atoms with Gasteiger partial charge in [0, 0.05) is 16.1 Å². The molecule has 2 aromatic carbocycles. The number of unbranched alkanes of at least 4 members (excludes halogenated alkanes) is 3. The summed E-state index contributed by atoms with van der Waals surface area (Å²) in [5.41, 5.74) is 0. The zero-order chi connectivity index (χ0) is 15.6. The molecular formula is C19H25BrO2. The minimum atomic E-state index is 0.729. The highest BCUT2D eigenvalue weighted by atomic mass is 79.9. The van der Waals surface area contributed by atoms with E-state index in [1.165, 1.54) is 19.3 Å². The highest BCUT2D eigenvalue weighted by Crippen LogP contribution is 2.33. The van der Waals surface area contributed by atoms with Gasteiger partial charge < -0.3 is 9.47 Å². The second-order valence-corrected chi connectivity index (χ2v) is 6.20. The number of hydrogen-bond acceptors (Lipinski definition) is 2. The topological polar surface area (TPSA) is 18.5 Å². The number of ether oxygens (including phenoxy) is 2. The summed E-state index contributed by atoms with van der Waals surface area (Å²) in [6.45, 7) is 3.74. The smallest absolute Gasteiger partial charge is 0.127 e. The molecule has 0 aliphatic rings. The maximum absolute atomic E-state index is 5.98. The van der Waals surface area contributed by atoms with E-state index in [4.69, 9.17) is 9.47 Å². The van der Waals surface area contributed by atoms with Crippen LogP contribution in [-0.4, -0.2) is 18.5 Å². The summed E-state index contributed by atoms with van der Waals surface area (Å²) in [6.07, 6.45) is 5.89. The van der Waals surface area contributed by atoms with Gasteiger partial charge in [-0.05, 0) is 25.0 Å². The lowest BCUT2D eigenvalue weighted by Crippen LogP contribution is -2.00. The van der Waals surface area contributed by atoms with Crippen molar-refractivity contribution in [2.24, 2.45) is 0 Å². The van der Waals surface area contributed by atoms with Gasteiger partial charge in [-0.1, -0.05) is 66.4 Å². The zero-order valence-corrected chi connectivity index (χ0v) is 14.9. The molecule has 0 fully saturated rings. The SMILES string of the molecule is CCCCCCOc1ccc(OCCCBr)c2ccccc12. The third-order valence-corrected chi connectivity index (χ3v) is 4.20. The number of fused-ring (bicyclic) bond motifs is 1. The Morgan fingerprint density at radius 3 is 1.91 bits per heavy atom. The van der Waals surface area contributed by atoms with E-state index < -0.39 is 0 Å². The lowest BCUT2D eigenvalue weighted by atomic mass is 10.1. The average molecular weight is 365 g/mol. The van der Waals surface area contributed by atoms with Crippen molar-refractivity contribution in [1.82, 2.24) is 0 Å². The van der Waals surface area contributed by atoms with E-state index in [0.717, 1.165) is 53.7 Å². The Hall–Kier alpha value is -1.22. The van der Waals surface area contributed by atoms with Crippen LogP contribution in [0.4, 0.5) is 0 Å². The van der Waals surface area contributed by atoms with Gasteiger partial charge in [-0.15, -0.1) is 0 Å². The maximum atomic E-state index is 5.98. The Morgan fingerprint density at radius 1 is 0.773 bits per heavy atom. The fourth-order valence-electron chi connectivity index (χ4n) is 2.44. The van der Waals surface area contributed by atoms with Crippen LogP contribution in [0.15, 0.2) is 36.4 Å². The summed E-state index contributed by atoms with van der Waals surface area (Å²) in [4.78, 5) is 0. The van der Waals surface area contributed by atoms with Gasteiger partial charge in [0.05, 0.1) is 13.2 Å². The molecule has 120 valence electrons. The molecule has 0 saturated carbocycles. The minimum absolute atomic E-state index is 0.729. The fraction of sp³-hybridized carbons (Fsp3) is 0.474. The van der Waals surface area contributed by atoms with E-state index in [1.807, 2.05) is 18.2 Å². The standard InChI is InChI=1S/C19H25BrO2/c1-2-3-4-7-14-21-18-11-12-19(22-15-8-13-20)17-10-6-5-9-16(17)18/h5-6,9-12H,2-4,7-8,13-15H2,1H3. The molecule has 0 N–H and O–H groups in total. The summed E-state index contributed by atoms with van der Waals surface area (Å²) in [5, 5.41) is 3.22. The molecular weight excluding hydrogens is 340 g/mol. The van der Waals surface area contributed by atoms with Crippen LogP contribution in [0.2, 0.25) is 0 Å². The first-order valence-electron chi connectivity index (χ1n) is 8.20. The van der Waals surface area contributed by atoms with Crippen molar-refractivity contribution >= 4 is 26.7 Å². The van der Waals surface area contributed by atoms with Crippen molar-refractivity contribution in [2.45, 2.75) is 39.0 Å². The number of rotatable bonds is 10. The van der Waals surface area contributed by atoms with E-state index in [1.54, 1.807) is 0 Å². The normalized spacial score (nSPS) is 10.8. The molecule has 0 spiro atoms. The lowest BCUT2D eigenvalue weighted by Gasteiger charge is -2.13. The predicted molar refractivity (Wildman–Crippen MR) is 97.5 cm³/mol. The summed E-state index contributed by atoms with van der Waals surface area (Å²) in [7, 11) is 0. The molecule has 22 heavy (non-hydrogen) atoms. The molecule has 0 atom stereocenters. The molecule has 2 rings (SSSR count). The zero-order valence-electron chi connectivity index (χ0n) is 13.3. The number of hydrogen-bond donors (Lipinski definition) is 0. The molecule has 0 aliphatic carbocycles. The second-order valence-electron chi connectivity index (χ2n) is 5.41. The second kappa shape index (κ2) is 9.73. The fourth-order valence-corrected chi connectivity index (χ4v) is 2.67. The van der Waals surface area contributed by atoms with Gasteiger partial charge in [-0.2, -0.15) is 0 Å². The molecule has 2 aromatic rings. The maximum Gasteiger partial charge on any atom is 0.127 e. The first-order chi connectivity index (χ1) is 10.9. The molecule has 0 heterocycles. The highest BCUT2D eigenvalue weighted by molar-refractivity contribution is 9.09. The molecule has 0 bridgehead atoms. The van der Waals surface area contributed by atoms with Crippen molar-refractivity contribution in [3.05, 3.63) is 36.4 Å². The minimum Gasteiger partial charge on any atom is -0.493 e. The van der Waals surface area contributed by atoms with Crippen LogP contribution >= 0.6 is 15.9 Å². The first kappa shape index (κ1) is 17.1. The van der Waals surface area contributed by atoms with Gasteiger partial charge in [0.15, 0.2) is 0 Å². The number of alkyl halides is 1. The Morgan fingerprint density at radius 2 is 1.36 bits per heavy atom. The summed E-state index contributed by atoms with van der Waals surface area (Å²) in [5.74, 6) is 1.90. The molecule has 2 nitrogen and oxygen atoms in total. The van der Waals surface area contributed by atoms with Gasteiger partial charge in [0.2, 0.25) is 0 Å². The van der Waals surface area contributed by atoms with Crippen molar-refractivity contribution < 1.29 is 9.47 Å². The quantitative estimate of drug-likeness (QED) is 0.382. The summed E-state index contributed by atoms with van der Waals surface area (Å²) >= 11 is 3.43. The third-order valence-electron chi connectivity index (χ3n) is 3.64. The van der Waals surface area contributed by atoms with Crippen molar-refractivity contribution in [2.75, 3.05) is 18.5 Å². The molecule has 0 unspecified atom stereocenters. The Balaban J connectivity index is 2.07. The molecule has 0 amide bonds. The van der Waals surface area contributed by atoms with Gasteiger partial charge in [0.1, 0.15) is 11.5 Å². The first-order valence-corrected chi connectivity index (χ1v) is 9.32. The van der Waals surface area contributed by atoms with Crippen LogP contribution in [0.1, 0.15) is 39.0 Å². The third kappa shape index (κ3) is 4.91. The van der Waals surface area contributed by atoms with Gasteiger partial charge >= 0.3 is 0 Å².